The molecule has 0 fully saturated rings. The van der Waals surface area contributed by atoms with Crippen LogP contribution in [0.25, 0.3) is 0 Å². The molecule has 0 aliphatic heterocycles. The normalized spacial score (nSPS) is 10.9. The third-order valence-corrected chi connectivity index (χ3v) is 2.04. The average Bonchev–Trinajstić information content (AvgIpc) is 2.26. The Hall–Kier alpha value is -2.18. The van der Waals surface area contributed by atoms with Crippen molar-refractivity contribution in [3.63, 3.8) is 0 Å². The molecule has 0 saturated heterocycles. The van der Waals surface area contributed by atoms with Crippen LogP contribution in [0, 0.1) is 0 Å². The van der Waals surface area contributed by atoms with Crippen LogP contribution in [0.4, 0.5) is 5.82 Å². The average molecular weight is 265 g/mol. The van der Waals surface area contributed by atoms with E-state index in [9.17, 15) is 9.59 Å². The highest BCUT2D eigenvalue weighted by Crippen LogP contribution is 1.99. The number of nitrogen functional groups attached to an aromatic ring is 1. The van der Waals surface area contributed by atoms with Gasteiger partial charge in [-0.25, -0.2) is 4.98 Å². The van der Waals surface area contributed by atoms with E-state index in [1.54, 1.807) is 0 Å². The number of nitrogens with two attached hydrogens (primary N) is 1. The van der Waals surface area contributed by atoms with Gasteiger partial charge in [0.1, 0.15) is 11.5 Å². The number of hydrogen-bond acceptors (Lipinski definition) is 5. The van der Waals surface area contributed by atoms with Crippen molar-refractivity contribution < 1.29 is 9.59 Å². The van der Waals surface area contributed by atoms with E-state index in [-0.39, 0.29) is 35.9 Å². The van der Waals surface area contributed by atoms with Crippen LogP contribution in [0.15, 0.2) is 12.4 Å². The zero-order valence-electron chi connectivity index (χ0n) is 11.4. The lowest BCUT2D eigenvalue weighted by molar-refractivity contribution is -0.122. The van der Waals surface area contributed by atoms with Crippen molar-refractivity contribution in [2.75, 3.05) is 12.3 Å². The maximum atomic E-state index is 11.7. The zero-order valence-corrected chi connectivity index (χ0v) is 11.4. The molecule has 1 rings (SSSR count). The summed E-state index contributed by atoms with van der Waals surface area (Å²) in [4.78, 5) is 30.8. The van der Waals surface area contributed by atoms with Gasteiger partial charge in [-0.3, -0.25) is 14.6 Å². The smallest absolute Gasteiger partial charge is 0.271 e. The molecule has 7 nitrogen and oxygen atoms in total. The Balaban J connectivity index is 2.37. The summed E-state index contributed by atoms with van der Waals surface area (Å²) in [6, 6.07) is 0. The molecule has 104 valence electrons. The molecule has 0 spiro atoms. The minimum atomic E-state index is -0.400. The van der Waals surface area contributed by atoms with Crippen LogP contribution in [0.3, 0.4) is 0 Å². The zero-order chi connectivity index (χ0) is 14.5. The van der Waals surface area contributed by atoms with Gasteiger partial charge in [-0.05, 0) is 20.8 Å². The number of carbonyl (C=O) groups is 2. The summed E-state index contributed by atoms with van der Waals surface area (Å²) in [5.41, 5.74) is 5.28. The van der Waals surface area contributed by atoms with Crippen LogP contribution in [0.1, 0.15) is 37.7 Å². The highest BCUT2D eigenvalue weighted by molar-refractivity contribution is 5.92. The second-order valence-corrected chi connectivity index (χ2v) is 5.13. The van der Waals surface area contributed by atoms with E-state index in [4.69, 9.17) is 5.73 Å². The van der Waals surface area contributed by atoms with Gasteiger partial charge in [0.15, 0.2) is 0 Å². The van der Waals surface area contributed by atoms with E-state index in [1.165, 1.54) is 12.4 Å². The van der Waals surface area contributed by atoms with Crippen LogP contribution in [0.5, 0.6) is 0 Å². The molecule has 0 bridgehead atoms. The topological polar surface area (TPSA) is 110 Å². The van der Waals surface area contributed by atoms with E-state index in [0.29, 0.717) is 0 Å². The molecule has 0 radical (unpaired) electrons. The van der Waals surface area contributed by atoms with Crippen LogP contribution < -0.4 is 16.4 Å². The summed E-state index contributed by atoms with van der Waals surface area (Å²) in [5.74, 6) is -0.340. The SMILES string of the molecule is CC(C)(C)NC(=O)CCNC(=O)c1cncc(N)n1. The fraction of sp³-hybridized carbons (Fsp3) is 0.500. The molecule has 1 aromatic heterocycles. The lowest BCUT2D eigenvalue weighted by Crippen LogP contribution is -2.42. The molecule has 1 heterocycles. The number of amides is 2. The Morgan fingerprint density at radius 3 is 2.58 bits per heavy atom. The summed E-state index contributed by atoms with van der Waals surface area (Å²) >= 11 is 0. The van der Waals surface area contributed by atoms with E-state index in [0.717, 1.165) is 0 Å². The molecular weight excluding hydrogens is 246 g/mol. The van der Waals surface area contributed by atoms with Crippen molar-refractivity contribution in [2.45, 2.75) is 32.7 Å². The summed E-state index contributed by atoms with van der Waals surface area (Å²) < 4.78 is 0. The van der Waals surface area contributed by atoms with Gasteiger partial charge in [-0.2, -0.15) is 0 Å². The maximum Gasteiger partial charge on any atom is 0.271 e. The van der Waals surface area contributed by atoms with Gasteiger partial charge >= 0.3 is 0 Å². The van der Waals surface area contributed by atoms with E-state index in [2.05, 4.69) is 20.6 Å². The first kappa shape index (κ1) is 14.9. The number of hydrogen-bond donors (Lipinski definition) is 3. The van der Waals surface area contributed by atoms with Gasteiger partial charge in [0.05, 0.1) is 12.4 Å². The first-order chi connectivity index (χ1) is 8.78. The first-order valence-corrected chi connectivity index (χ1v) is 5.94. The third-order valence-electron chi connectivity index (χ3n) is 2.04. The second kappa shape index (κ2) is 6.12. The first-order valence-electron chi connectivity index (χ1n) is 5.94. The minimum absolute atomic E-state index is 0.119. The molecule has 0 aromatic carbocycles. The third kappa shape index (κ3) is 5.80. The van der Waals surface area contributed by atoms with Crippen molar-refractivity contribution in [1.82, 2.24) is 20.6 Å². The van der Waals surface area contributed by atoms with E-state index < -0.39 is 5.91 Å². The van der Waals surface area contributed by atoms with E-state index >= 15 is 0 Å². The van der Waals surface area contributed by atoms with Gasteiger partial charge < -0.3 is 16.4 Å². The lowest BCUT2D eigenvalue weighted by Gasteiger charge is -2.20. The summed E-state index contributed by atoms with van der Waals surface area (Å²) in [6.45, 7) is 5.92. The van der Waals surface area contributed by atoms with Crippen molar-refractivity contribution in [2.24, 2.45) is 0 Å². The van der Waals surface area contributed by atoms with Crippen LogP contribution >= 0.6 is 0 Å². The molecule has 0 aliphatic rings. The molecule has 0 saturated carbocycles. The molecule has 0 unspecified atom stereocenters. The van der Waals surface area contributed by atoms with Crippen LogP contribution in [0.2, 0.25) is 0 Å². The number of rotatable bonds is 4. The van der Waals surface area contributed by atoms with Gasteiger partial charge in [-0.1, -0.05) is 0 Å². The van der Waals surface area contributed by atoms with Crippen molar-refractivity contribution in [3.05, 3.63) is 18.1 Å². The molecule has 0 atom stereocenters. The Morgan fingerprint density at radius 2 is 2.00 bits per heavy atom. The summed E-state index contributed by atoms with van der Waals surface area (Å²) in [7, 11) is 0. The summed E-state index contributed by atoms with van der Waals surface area (Å²) in [6.07, 6.45) is 2.88. The molecule has 0 aliphatic carbocycles. The lowest BCUT2D eigenvalue weighted by atomic mass is 10.1. The van der Waals surface area contributed by atoms with Crippen molar-refractivity contribution in [3.8, 4) is 0 Å². The number of anilines is 1. The van der Waals surface area contributed by atoms with Gasteiger partial charge in [0, 0.05) is 18.5 Å². The standard InChI is InChI=1S/C12H19N5O2/c1-12(2,3)17-10(18)4-5-15-11(19)8-6-14-7-9(13)16-8/h6-7H,4-5H2,1-3H3,(H2,13,16)(H,15,19)(H,17,18). The quantitative estimate of drug-likeness (QED) is 0.715. The maximum absolute atomic E-state index is 11.7. The predicted molar refractivity (Wildman–Crippen MR) is 71.3 cm³/mol. The number of nitrogens with zero attached hydrogens (tertiary/aromatic N) is 2. The van der Waals surface area contributed by atoms with Gasteiger partial charge in [-0.15, -0.1) is 0 Å². The highest BCUT2D eigenvalue weighted by atomic mass is 16.2. The van der Waals surface area contributed by atoms with Crippen LogP contribution in [-0.4, -0.2) is 33.9 Å². The van der Waals surface area contributed by atoms with Crippen LogP contribution in [-0.2, 0) is 4.79 Å². The second-order valence-electron chi connectivity index (χ2n) is 5.13. The number of aromatic nitrogens is 2. The van der Waals surface area contributed by atoms with Gasteiger partial charge in [0.2, 0.25) is 5.91 Å². The highest BCUT2D eigenvalue weighted by Gasteiger charge is 2.14. The minimum Gasteiger partial charge on any atom is -0.382 e. The predicted octanol–water partition coefficient (Wildman–Crippen LogP) is 0.0934. The van der Waals surface area contributed by atoms with E-state index in [1.807, 2.05) is 20.8 Å². The number of nitrogens with one attached hydrogen (secondary N) is 2. The molecular formula is C12H19N5O2. The fourth-order valence-corrected chi connectivity index (χ4v) is 1.35. The molecule has 1 aromatic rings. The Kier molecular flexibility index (Phi) is 4.80. The van der Waals surface area contributed by atoms with Gasteiger partial charge in [0.25, 0.3) is 5.91 Å². The monoisotopic (exact) mass is 265 g/mol. The largest absolute Gasteiger partial charge is 0.382 e. The fourth-order valence-electron chi connectivity index (χ4n) is 1.35. The Bertz CT molecular complexity index is 467. The molecule has 2 amide bonds. The summed E-state index contributed by atoms with van der Waals surface area (Å²) in [5, 5.41) is 5.39. The Labute approximate surface area is 112 Å². The Morgan fingerprint density at radius 1 is 1.32 bits per heavy atom. The molecule has 7 heteroatoms. The molecule has 4 N–H and O–H groups in total. The van der Waals surface area contributed by atoms with Crippen molar-refractivity contribution in [1.29, 1.82) is 0 Å². The molecule has 19 heavy (non-hydrogen) atoms. The van der Waals surface area contributed by atoms with Crippen molar-refractivity contribution >= 4 is 17.6 Å². The number of carbonyl (C=O) groups excluding carboxylic acids is 2.